The minimum Gasteiger partial charge on any atom is -0.309 e. The molecule has 1 aliphatic rings. The van der Waals surface area contributed by atoms with Gasteiger partial charge >= 0.3 is 0 Å². The topological polar surface area (TPSA) is 15.3 Å². The minimum atomic E-state index is 0.447. The quantitative estimate of drug-likeness (QED) is 0.843. The molecule has 0 aromatic heterocycles. The Morgan fingerprint density at radius 2 is 1.81 bits per heavy atom. The molecule has 1 fully saturated rings. The summed E-state index contributed by atoms with van der Waals surface area (Å²) < 4.78 is 0. The van der Waals surface area contributed by atoms with Gasteiger partial charge in [0.15, 0.2) is 0 Å². The standard InChI is InChI=1S/C19H32N2/c1-6-18-9-8-16(5)21(18)13-19(20-7-2)17-11-14(3)10-15(4)12-17/h10-12,16,18-20H,6-9,13H2,1-5H3. The summed E-state index contributed by atoms with van der Waals surface area (Å²) in [4.78, 5) is 2.73. The number of likely N-dealkylation sites (N-methyl/N-ethyl adjacent to an activating group) is 1. The van der Waals surface area contributed by atoms with Crippen LogP contribution in [0.3, 0.4) is 0 Å². The molecule has 3 atom stereocenters. The van der Waals surface area contributed by atoms with Gasteiger partial charge in [-0.25, -0.2) is 0 Å². The summed E-state index contributed by atoms with van der Waals surface area (Å²) in [5.41, 5.74) is 4.19. The number of hydrogen-bond acceptors (Lipinski definition) is 2. The Morgan fingerprint density at radius 3 is 2.38 bits per heavy atom. The SMILES string of the molecule is CCNC(CN1C(C)CCC1CC)c1cc(C)cc(C)c1. The van der Waals surface area contributed by atoms with E-state index >= 15 is 0 Å². The van der Waals surface area contributed by atoms with Crippen LogP contribution in [0.5, 0.6) is 0 Å². The number of nitrogens with zero attached hydrogens (tertiary/aromatic N) is 1. The molecule has 0 saturated carbocycles. The van der Waals surface area contributed by atoms with E-state index in [1.54, 1.807) is 0 Å². The molecule has 1 heterocycles. The third-order valence-electron chi connectivity index (χ3n) is 4.91. The Hall–Kier alpha value is -0.860. The van der Waals surface area contributed by atoms with Crippen molar-refractivity contribution in [3.05, 3.63) is 34.9 Å². The van der Waals surface area contributed by atoms with E-state index in [2.05, 4.69) is 63.0 Å². The van der Waals surface area contributed by atoms with Gasteiger partial charge in [0.05, 0.1) is 0 Å². The molecule has 0 spiro atoms. The molecule has 1 saturated heterocycles. The number of benzene rings is 1. The molecule has 3 unspecified atom stereocenters. The molecule has 2 nitrogen and oxygen atoms in total. The van der Waals surface area contributed by atoms with Crippen LogP contribution in [0, 0.1) is 13.8 Å². The Labute approximate surface area is 130 Å². The highest BCUT2D eigenvalue weighted by Crippen LogP contribution is 2.29. The molecule has 1 N–H and O–H groups in total. The van der Waals surface area contributed by atoms with E-state index in [1.807, 2.05) is 0 Å². The van der Waals surface area contributed by atoms with Gasteiger partial charge in [0.2, 0.25) is 0 Å². The molecule has 21 heavy (non-hydrogen) atoms. The lowest BCUT2D eigenvalue weighted by Gasteiger charge is -2.32. The maximum Gasteiger partial charge on any atom is 0.0449 e. The summed E-state index contributed by atoms with van der Waals surface area (Å²) in [6.07, 6.45) is 3.99. The molecule has 2 rings (SSSR count). The fourth-order valence-electron chi connectivity index (χ4n) is 3.85. The molecule has 0 aliphatic carbocycles. The van der Waals surface area contributed by atoms with Crippen LogP contribution in [0.4, 0.5) is 0 Å². The number of hydrogen-bond donors (Lipinski definition) is 1. The van der Waals surface area contributed by atoms with Crippen molar-refractivity contribution in [2.24, 2.45) is 0 Å². The van der Waals surface area contributed by atoms with Crippen LogP contribution in [0.15, 0.2) is 18.2 Å². The van der Waals surface area contributed by atoms with Crippen LogP contribution < -0.4 is 5.32 Å². The van der Waals surface area contributed by atoms with Crippen LogP contribution in [-0.4, -0.2) is 30.1 Å². The van der Waals surface area contributed by atoms with E-state index < -0.39 is 0 Å². The summed E-state index contributed by atoms with van der Waals surface area (Å²) in [7, 11) is 0. The number of likely N-dealkylation sites (tertiary alicyclic amines) is 1. The van der Waals surface area contributed by atoms with Crippen LogP contribution in [0.2, 0.25) is 0 Å². The van der Waals surface area contributed by atoms with Crippen LogP contribution >= 0.6 is 0 Å². The third kappa shape index (κ3) is 4.08. The number of rotatable bonds is 6. The smallest absolute Gasteiger partial charge is 0.0449 e. The van der Waals surface area contributed by atoms with Gasteiger partial charge in [-0.2, -0.15) is 0 Å². The number of aryl methyl sites for hydroxylation is 2. The Bertz CT molecular complexity index is 435. The van der Waals surface area contributed by atoms with Crippen molar-refractivity contribution in [2.75, 3.05) is 13.1 Å². The molecule has 0 radical (unpaired) electrons. The zero-order valence-corrected chi connectivity index (χ0v) is 14.4. The normalized spacial score (nSPS) is 24.4. The molecular formula is C19H32N2. The van der Waals surface area contributed by atoms with E-state index in [1.165, 1.54) is 36.0 Å². The summed E-state index contributed by atoms with van der Waals surface area (Å²) >= 11 is 0. The lowest BCUT2D eigenvalue weighted by molar-refractivity contribution is 0.177. The molecule has 1 aromatic rings. The van der Waals surface area contributed by atoms with Gasteiger partial charge in [0.1, 0.15) is 0 Å². The van der Waals surface area contributed by atoms with Gasteiger partial charge < -0.3 is 5.32 Å². The van der Waals surface area contributed by atoms with Gasteiger partial charge in [-0.3, -0.25) is 4.90 Å². The van der Waals surface area contributed by atoms with Crippen molar-refractivity contribution in [2.45, 2.75) is 72.0 Å². The van der Waals surface area contributed by atoms with Gasteiger partial charge in [0.25, 0.3) is 0 Å². The van der Waals surface area contributed by atoms with Gasteiger partial charge in [-0.1, -0.05) is 43.2 Å². The Morgan fingerprint density at radius 1 is 1.14 bits per heavy atom. The average molecular weight is 288 g/mol. The maximum absolute atomic E-state index is 3.70. The zero-order chi connectivity index (χ0) is 15.4. The van der Waals surface area contributed by atoms with Gasteiger partial charge in [-0.15, -0.1) is 0 Å². The summed E-state index contributed by atoms with van der Waals surface area (Å²) in [6.45, 7) is 13.5. The van der Waals surface area contributed by atoms with Crippen molar-refractivity contribution in [1.29, 1.82) is 0 Å². The second kappa shape index (κ2) is 7.42. The predicted molar refractivity (Wildman–Crippen MR) is 91.8 cm³/mol. The highest BCUT2D eigenvalue weighted by Gasteiger charge is 2.31. The number of nitrogens with one attached hydrogen (secondary N) is 1. The van der Waals surface area contributed by atoms with E-state index in [4.69, 9.17) is 0 Å². The third-order valence-corrected chi connectivity index (χ3v) is 4.91. The molecule has 0 amide bonds. The van der Waals surface area contributed by atoms with Crippen molar-refractivity contribution < 1.29 is 0 Å². The average Bonchev–Trinajstić information content (AvgIpc) is 2.78. The molecule has 2 heteroatoms. The zero-order valence-electron chi connectivity index (χ0n) is 14.4. The van der Waals surface area contributed by atoms with Crippen molar-refractivity contribution in [1.82, 2.24) is 10.2 Å². The molecular weight excluding hydrogens is 256 g/mol. The fraction of sp³-hybridized carbons (Fsp3) is 0.684. The first-order chi connectivity index (χ1) is 10.0. The lowest BCUT2D eigenvalue weighted by Crippen LogP contribution is -2.41. The lowest BCUT2D eigenvalue weighted by atomic mass is 10.00. The molecule has 0 bridgehead atoms. The van der Waals surface area contributed by atoms with Gasteiger partial charge in [-0.05, 0) is 52.1 Å². The highest BCUT2D eigenvalue weighted by molar-refractivity contribution is 5.31. The first-order valence-electron chi connectivity index (χ1n) is 8.62. The summed E-state index contributed by atoms with van der Waals surface area (Å²) in [5.74, 6) is 0. The van der Waals surface area contributed by atoms with Crippen LogP contribution in [0.25, 0.3) is 0 Å². The summed E-state index contributed by atoms with van der Waals surface area (Å²) in [5, 5.41) is 3.70. The fourth-order valence-corrected chi connectivity index (χ4v) is 3.85. The molecule has 1 aliphatic heterocycles. The minimum absolute atomic E-state index is 0.447. The van der Waals surface area contributed by atoms with Gasteiger partial charge in [0, 0.05) is 24.7 Å². The highest BCUT2D eigenvalue weighted by atomic mass is 15.2. The van der Waals surface area contributed by atoms with Crippen LogP contribution in [-0.2, 0) is 0 Å². The molecule has 118 valence electrons. The maximum atomic E-state index is 3.70. The van der Waals surface area contributed by atoms with Crippen molar-refractivity contribution >= 4 is 0 Å². The van der Waals surface area contributed by atoms with Crippen molar-refractivity contribution in [3.8, 4) is 0 Å². The van der Waals surface area contributed by atoms with E-state index in [9.17, 15) is 0 Å². The van der Waals surface area contributed by atoms with Crippen LogP contribution in [0.1, 0.15) is 62.8 Å². The monoisotopic (exact) mass is 288 g/mol. The second-order valence-corrected chi connectivity index (χ2v) is 6.72. The first kappa shape index (κ1) is 16.5. The largest absolute Gasteiger partial charge is 0.309 e. The molecule has 1 aromatic carbocycles. The van der Waals surface area contributed by atoms with E-state index in [-0.39, 0.29) is 0 Å². The Balaban J connectivity index is 2.18. The Kier molecular flexibility index (Phi) is 5.83. The second-order valence-electron chi connectivity index (χ2n) is 6.72. The predicted octanol–water partition coefficient (Wildman–Crippen LogP) is 4.22. The first-order valence-corrected chi connectivity index (χ1v) is 8.62. The van der Waals surface area contributed by atoms with Crippen molar-refractivity contribution in [3.63, 3.8) is 0 Å². The van der Waals surface area contributed by atoms with E-state index in [0.717, 1.165) is 25.2 Å². The summed E-state index contributed by atoms with van der Waals surface area (Å²) in [6, 6.07) is 8.90. The van der Waals surface area contributed by atoms with E-state index in [0.29, 0.717) is 6.04 Å².